The molecule has 0 spiro atoms. The molecule has 0 radical (unpaired) electrons. The second kappa shape index (κ2) is 6.78. The van der Waals surface area contributed by atoms with Gasteiger partial charge in [0.1, 0.15) is 5.75 Å². The van der Waals surface area contributed by atoms with Crippen molar-refractivity contribution in [3.05, 3.63) is 59.7 Å². The molecule has 0 saturated carbocycles. The summed E-state index contributed by atoms with van der Waals surface area (Å²) in [5, 5.41) is 19.3. The van der Waals surface area contributed by atoms with E-state index >= 15 is 0 Å². The predicted octanol–water partition coefficient (Wildman–Crippen LogP) is 2.74. The first-order chi connectivity index (χ1) is 10.1. The second-order valence-corrected chi connectivity index (χ2v) is 4.84. The summed E-state index contributed by atoms with van der Waals surface area (Å²) in [6.45, 7) is 0.433. The molecule has 4 nitrogen and oxygen atoms in total. The van der Waals surface area contributed by atoms with Crippen molar-refractivity contribution >= 4 is 5.69 Å². The first-order valence-electron chi connectivity index (χ1n) is 6.67. The van der Waals surface area contributed by atoms with E-state index in [1.54, 1.807) is 19.2 Å². The van der Waals surface area contributed by atoms with Crippen LogP contribution in [0.5, 0.6) is 5.75 Å². The van der Waals surface area contributed by atoms with Gasteiger partial charge in [-0.05, 0) is 35.9 Å². The third-order valence-corrected chi connectivity index (χ3v) is 3.34. The van der Waals surface area contributed by atoms with E-state index in [0.717, 1.165) is 17.0 Å². The lowest BCUT2D eigenvalue weighted by atomic mass is 10.1. The molecule has 0 aliphatic carbocycles. The minimum absolute atomic E-state index is 0.433. The molecule has 0 fully saturated rings. The topological polar surface area (TPSA) is 56.5 Å². The summed E-state index contributed by atoms with van der Waals surface area (Å²) in [6, 6.07) is 16.8. The van der Waals surface area contributed by atoms with Gasteiger partial charge in [-0.2, -0.15) is 5.26 Å². The number of aliphatic hydroxyl groups excluding tert-OH is 1. The van der Waals surface area contributed by atoms with E-state index in [2.05, 4.69) is 6.07 Å². The summed E-state index contributed by atoms with van der Waals surface area (Å²) in [5.41, 5.74) is 2.31. The fourth-order valence-corrected chi connectivity index (χ4v) is 2.13. The number of likely N-dealkylation sites (N-methyl/N-ethyl adjacent to an activating group) is 1. The normalized spacial score (nSPS) is 11.5. The van der Waals surface area contributed by atoms with E-state index < -0.39 is 6.10 Å². The maximum absolute atomic E-state index is 10.3. The third-order valence-electron chi connectivity index (χ3n) is 3.34. The maximum Gasteiger partial charge on any atom is 0.119 e. The molecule has 2 rings (SSSR count). The number of anilines is 1. The Kier molecular flexibility index (Phi) is 4.81. The summed E-state index contributed by atoms with van der Waals surface area (Å²) in [7, 11) is 3.49. The van der Waals surface area contributed by atoms with Gasteiger partial charge in [-0.3, -0.25) is 0 Å². The summed E-state index contributed by atoms with van der Waals surface area (Å²) >= 11 is 0. The standard InChI is InChI=1S/C17H18N2O2/c1-19(15-7-3-5-13(9-15)11-18)12-17(20)14-6-4-8-16(10-14)21-2/h3-10,17,20H,12H2,1-2H3. The zero-order chi connectivity index (χ0) is 15.2. The van der Waals surface area contributed by atoms with Gasteiger partial charge in [0.25, 0.3) is 0 Å². The average molecular weight is 282 g/mol. The van der Waals surface area contributed by atoms with E-state index in [9.17, 15) is 5.11 Å². The molecule has 0 aromatic heterocycles. The number of rotatable bonds is 5. The Hall–Kier alpha value is -2.51. The molecule has 0 heterocycles. The average Bonchev–Trinajstić information content (AvgIpc) is 2.54. The first kappa shape index (κ1) is 14.9. The van der Waals surface area contributed by atoms with E-state index in [4.69, 9.17) is 10.00 Å². The Bertz CT molecular complexity index is 649. The van der Waals surface area contributed by atoms with Crippen molar-refractivity contribution in [1.82, 2.24) is 0 Å². The fourth-order valence-electron chi connectivity index (χ4n) is 2.13. The van der Waals surface area contributed by atoms with Crippen LogP contribution in [0.4, 0.5) is 5.69 Å². The van der Waals surface area contributed by atoms with Gasteiger partial charge in [0.05, 0.1) is 24.8 Å². The van der Waals surface area contributed by atoms with Crippen molar-refractivity contribution in [2.24, 2.45) is 0 Å². The van der Waals surface area contributed by atoms with Gasteiger partial charge in [-0.25, -0.2) is 0 Å². The minimum atomic E-state index is -0.629. The molecule has 2 aromatic rings. The van der Waals surface area contributed by atoms with Crippen LogP contribution in [0.25, 0.3) is 0 Å². The fraction of sp³-hybridized carbons (Fsp3) is 0.235. The second-order valence-electron chi connectivity index (χ2n) is 4.84. The smallest absolute Gasteiger partial charge is 0.119 e. The van der Waals surface area contributed by atoms with Crippen LogP contribution in [0.15, 0.2) is 48.5 Å². The SMILES string of the molecule is COc1cccc(C(O)CN(C)c2cccc(C#N)c2)c1. The molecule has 108 valence electrons. The summed E-state index contributed by atoms with van der Waals surface area (Å²) in [4.78, 5) is 1.92. The molecule has 2 aromatic carbocycles. The monoisotopic (exact) mass is 282 g/mol. The lowest BCUT2D eigenvalue weighted by Gasteiger charge is -2.23. The number of methoxy groups -OCH3 is 1. The van der Waals surface area contributed by atoms with Crippen LogP contribution in [0.3, 0.4) is 0 Å². The van der Waals surface area contributed by atoms with Gasteiger partial charge >= 0.3 is 0 Å². The quantitative estimate of drug-likeness (QED) is 0.916. The molecule has 4 heteroatoms. The van der Waals surface area contributed by atoms with Crippen molar-refractivity contribution < 1.29 is 9.84 Å². The highest BCUT2D eigenvalue weighted by Gasteiger charge is 2.12. The number of nitrogens with zero attached hydrogens (tertiary/aromatic N) is 2. The van der Waals surface area contributed by atoms with Gasteiger partial charge in [0, 0.05) is 19.3 Å². The van der Waals surface area contributed by atoms with Gasteiger partial charge in [-0.15, -0.1) is 0 Å². The molecule has 1 N–H and O–H groups in total. The van der Waals surface area contributed by atoms with Crippen LogP contribution in [0.2, 0.25) is 0 Å². The number of benzene rings is 2. The maximum atomic E-state index is 10.3. The Morgan fingerprint density at radius 3 is 2.71 bits per heavy atom. The lowest BCUT2D eigenvalue weighted by Crippen LogP contribution is -2.24. The van der Waals surface area contributed by atoms with E-state index in [1.165, 1.54) is 0 Å². The molecule has 1 atom stereocenters. The van der Waals surface area contributed by atoms with E-state index in [-0.39, 0.29) is 0 Å². The van der Waals surface area contributed by atoms with Crippen molar-refractivity contribution in [3.63, 3.8) is 0 Å². The van der Waals surface area contributed by atoms with Crippen molar-refractivity contribution in [3.8, 4) is 11.8 Å². The summed E-state index contributed by atoms with van der Waals surface area (Å²) in [5.74, 6) is 0.723. The number of ether oxygens (including phenoxy) is 1. The zero-order valence-electron chi connectivity index (χ0n) is 12.2. The highest BCUT2D eigenvalue weighted by atomic mass is 16.5. The van der Waals surface area contributed by atoms with Gasteiger partial charge in [0.15, 0.2) is 0 Å². The molecule has 0 saturated heterocycles. The Labute approximate surface area is 124 Å². The lowest BCUT2D eigenvalue weighted by molar-refractivity contribution is 0.184. The first-order valence-corrected chi connectivity index (χ1v) is 6.67. The predicted molar refractivity (Wildman–Crippen MR) is 82.4 cm³/mol. The minimum Gasteiger partial charge on any atom is -0.497 e. The highest BCUT2D eigenvalue weighted by molar-refractivity contribution is 5.51. The molecule has 21 heavy (non-hydrogen) atoms. The van der Waals surface area contributed by atoms with Gasteiger partial charge in [0.2, 0.25) is 0 Å². The molecule has 0 bridgehead atoms. The third kappa shape index (κ3) is 3.74. The molecular formula is C17H18N2O2. The van der Waals surface area contributed by atoms with Crippen LogP contribution < -0.4 is 9.64 Å². The van der Waals surface area contributed by atoms with Gasteiger partial charge in [-0.1, -0.05) is 18.2 Å². The van der Waals surface area contributed by atoms with Crippen LogP contribution >= 0.6 is 0 Å². The van der Waals surface area contributed by atoms with E-state index in [1.807, 2.05) is 48.3 Å². The number of aliphatic hydroxyl groups is 1. The van der Waals surface area contributed by atoms with E-state index in [0.29, 0.717) is 12.1 Å². The van der Waals surface area contributed by atoms with Crippen LogP contribution in [-0.2, 0) is 0 Å². The van der Waals surface area contributed by atoms with Crippen molar-refractivity contribution in [2.75, 3.05) is 25.6 Å². The molecule has 0 aliphatic rings. The Balaban J connectivity index is 2.10. The summed E-state index contributed by atoms with van der Waals surface area (Å²) < 4.78 is 5.16. The molecule has 0 aliphatic heterocycles. The van der Waals surface area contributed by atoms with Gasteiger partial charge < -0.3 is 14.7 Å². The summed E-state index contributed by atoms with van der Waals surface area (Å²) in [6.07, 6.45) is -0.629. The number of nitriles is 1. The zero-order valence-corrected chi connectivity index (χ0v) is 12.2. The Morgan fingerprint density at radius 1 is 1.24 bits per heavy atom. The largest absolute Gasteiger partial charge is 0.497 e. The molecular weight excluding hydrogens is 264 g/mol. The van der Waals surface area contributed by atoms with Crippen molar-refractivity contribution in [1.29, 1.82) is 5.26 Å². The van der Waals surface area contributed by atoms with Crippen LogP contribution in [-0.4, -0.2) is 25.8 Å². The number of hydrogen-bond donors (Lipinski definition) is 1. The van der Waals surface area contributed by atoms with Crippen LogP contribution in [0, 0.1) is 11.3 Å². The van der Waals surface area contributed by atoms with Crippen LogP contribution in [0.1, 0.15) is 17.2 Å². The Morgan fingerprint density at radius 2 is 2.00 bits per heavy atom. The molecule has 1 unspecified atom stereocenters. The van der Waals surface area contributed by atoms with Crippen molar-refractivity contribution in [2.45, 2.75) is 6.10 Å². The highest BCUT2D eigenvalue weighted by Crippen LogP contribution is 2.22. The molecule has 0 amide bonds. The number of hydrogen-bond acceptors (Lipinski definition) is 4.